The Balaban J connectivity index is 2.96. The van der Waals surface area contributed by atoms with Crippen molar-refractivity contribution in [2.24, 2.45) is 5.92 Å². The normalized spacial score (nSPS) is 14.6. The number of halogens is 2. The molecule has 3 heteroatoms. The largest absolute Gasteiger partial charge is 0.310 e. The molecule has 2 unspecified atom stereocenters. The monoisotopic (exact) mass is 257 g/mol. The summed E-state index contributed by atoms with van der Waals surface area (Å²) >= 11 is 6.12. The van der Waals surface area contributed by atoms with E-state index in [1.54, 1.807) is 6.07 Å². The molecule has 1 rings (SSSR count). The summed E-state index contributed by atoms with van der Waals surface area (Å²) in [6, 6.07) is 4.86. The zero-order valence-corrected chi connectivity index (χ0v) is 11.5. The van der Waals surface area contributed by atoms with E-state index in [1.807, 2.05) is 0 Å². The highest BCUT2D eigenvalue weighted by Crippen LogP contribution is 2.31. The van der Waals surface area contributed by atoms with Gasteiger partial charge >= 0.3 is 0 Å². The maximum Gasteiger partial charge on any atom is 0.124 e. The molecule has 0 aliphatic rings. The van der Waals surface area contributed by atoms with Crippen LogP contribution in [0, 0.1) is 11.7 Å². The van der Waals surface area contributed by atoms with Gasteiger partial charge in [0.2, 0.25) is 0 Å². The van der Waals surface area contributed by atoms with Crippen LogP contribution in [0.2, 0.25) is 5.02 Å². The van der Waals surface area contributed by atoms with E-state index in [2.05, 4.69) is 26.1 Å². The molecule has 0 fully saturated rings. The first-order valence-electron chi connectivity index (χ1n) is 6.28. The lowest BCUT2D eigenvalue weighted by Gasteiger charge is -2.26. The summed E-state index contributed by atoms with van der Waals surface area (Å²) < 4.78 is 13.0. The van der Waals surface area contributed by atoms with E-state index < -0.39 is 0 Å². The van der Waals surface area contributed by atoms with Crippen molar-refractivity contribution in [2.75, 3.05) is 6.54 Å². The molecular formula is C14H21ClFN. The number of benzene rings is 1. The minimum atomic E-state index is -0.280. The second-order valence-corrected chi connectivity index (χ2v) is 4.87. The predicted octanol–water partition coefficient (Wildman–Crippen LogP) is 4.57. The fraction of sp³-hybridized carbons (Fsp3) is 0.571. The van der Waals surface area contributed by atoms with E-state index in [4.69, 9.17) is 11.6 Å². The summed E-state index contributed by atoms with van der Waals surface area (Å²) in [4.78, 5) is 0. The van der Waals surface area contributed by atoms with Gasteiger partial charge < -0.3 is 5.32 Å². The van der Waals surface area contributed by atoms with Crippen molar-refractivity contribution in [1.82, 2.24) is 5.32 Å². The van der Waals surface area contributed by atoms with Gasteiger partial charge in [0.1, 0.15) is 5.82 Å². The van der Waals surface area contributed by atoms with Crippen molar-refractivity contribution >= 4 is 11.6 Å². The van der Waals surface area contributed by atoms with Gasteiger partial charge in [0.25, 0.3) is 0 Å². The first-order valence-corrected chi connectivity index (χ1v) is 6.66. The molecule has 0 saturated carbocycles. The Morgan fingerprint density at radius 3 is 2.59 bits per heavy atom. The Labute approximate surface area is 108 Å². The van der Waals surface area contributed by atoms with Crippen molar-refractivity contribution in [3.63, 3.8) is 0 Å². The number of hydrogen-bond acceptors (Lipinski definition) is 1. The van der Waals surface area contributed by atoms with Crippen LogP contribution >= 0.6 is 11.6 Å². The zero-order chi connectivity index (χ0) is 12.8. The van der Waals surface area contributed by atoms with Crippen molar-refractivity contribution in [1.29, 1.82) is 0 Å². The summed E-state index contributed by atoms with van der Waals surface area (Å²) in [5, 5.41) is 3.95. The highest BCUT2D eigenvalue weighted by Gasteiger charge is 2.20. The zero-order valence-electron chi connectivity index (χ0n) is 10.8. The van der Waals surface area contributed by atoms with Gasteiger partial charge in [-0.3, -0.25) is 0 Å². The van der Waals surface area contributed by atoms with Crippen LogP contribution in [0.1, 0.15) is 45.2 Å². The van der Waals surface area contributed by atoms with Gasteiger partial charge in [0.15, 0.2) is 0 Å². The lowest BCUT2D eigenvalue weighted by Crippen LogP contribution is -2.27. The summed E-state index contributed by atoms with van der Waals surface area (Å²) in [5.74, 6) is 0.208. The van der Waals surface area contributed by atoms with Crippen LogP contribution < -0.4 is 5.32 Å². The average Bonchev–Trinajstić information content (AvgIpc) is 2.27. The third kappa shape index (κ3) is 3.97. The lowest BCUT2D eigenvalue weighted by atomic mass is 9.91. The van der Waals surface area contributed by atoms with Crippen molar-refractivity contribution < 1.29 is 4.39 Å². The van der Waals surface area contributed by atoms with Crippen LogP contribution in [0.4, 0.5) is 4.39 Å². The van der Waals surface area contributed by atoms with Crippen LogP contribution in [0.5, 0.6) is 0 Å². The lowest BCUT2D eigenvalue weighted by molar-refractivity contribution is 0.369. The van der Waals surface area contributed by atoms with Crippen molar-refractivity contribution in [3.8, 4) is 0 Å². The summed E-state index contributed by atoms with van der Waals surface area (Å²) in [6.07, 6.45) is 2.27. The highest BCUT2D eigenvalue weighted by molar-refractivity contribution is 6.31. The first kappa shape index (κ1) is 14.5. The molecule has 0 aliphatic carbocycles. The third-order valence-electron chi connectivity index (χ3n) is 3.03. The van der Waals surface area contributed by atoms with Gasteiger partial charge in [-0.25, -0.2) is 4.39 Å². The van der Waals surface area contributed by atoms with Gasteiger partial charge in [-0.1, -0.05) is 44.9 Å². The minimum absolute atomic E-state index is 0.202. The maximum absolute atomic E-state index is 13.0. The van der Waals surface area contributed by atoms with E-state index in [1.165, 1.54) is 12.1 Å². The molecular weight excluding hydrogens is 237 g/mol. The fourth-order valence-electron chi connectivity index (χ4n) is 2.21. The van der Waals surface area contributed by atoms with Gasteiger partial charge in [0.05, 0.1) is 0 Å². The molecule has 1 N–H and O–H groups in total. The molecule has 1 aromatic rings. The predicted molar refractivity (Wildman–Crippen MR) is 71.9 cm³/mol. The average molecular weight is 258 g/mol. The number of nitrogens with one attached hydrogen (secondary N) is 1. The third-order valence-corrected chi connectivity index (χ3v) is 3.36. The molecule has 2 atom stereocenters. The van der Waals surface area contributed by atoms with Crippen molar-refractivity contribution in [3.05, 3.63) is 34.6 Å². The molecule has 0 saturated heterocycles. The minimum Gasteiger partial charge on any atom is -0.310 e. The van der Waals surface area contributed by atoms with Gasteiger partial charge in [0, 0.05) is 11.1 Å². The summed E-state index contributed by atoms with van der Waals surface area (Å²) in [6.45, 7) is 7.33. The highest BCUT2D eigenvalue weighted by atomic mass is 35.5. The molecule has 17 heavy (non-hydrogen) atoms. The van der Waals surface area contributed by atoms with Crippen LogP contribution in [0.25, 0.3) is 0 Å². The molecule has 0 bridgehead atoms. The molecule has 1 aromatic carbocycles. The molecule has 0 heterocycles. The van der Waals surface area contributed by atoms with E-state index in [9.17, 15) is 4.39 Å². The molecule has 0 amide bonds. The number of rotatable bonds is 6. The quantitative estimate of drug-likeness (QED) is 0.787. The van der Waals surface area contributed by atoms with Crippen molar-refractivity contribution in [2.45, 2.75) is 39.7 Å². The molecule has 96 valence electrons. The molecule has 0 aromatic heterocycles. The van der Waals surface area contributed by atoms with E-state index in [0.29, 0.717) is 10.9 Å². The summed E-state index contributed by atoms with van der Waals surface area (Å²) in [7, 11) is 0. The fourth-order valence-corrected chi connectivity index (χ4v) is 2.50. The van der Waals surface area contributed by atoms with E-state index in [-0.39, 0.29) is 11.9 Å². The Morgan fingerprint density at radius 2 is 2.06 bits per heavy atom. The smallest absolute Gasteiger partial charge is 0.124 e. The standard InChI is InChI=1S/C14H21ClFN/c1-4-6-10(3)14(17-5-2)12-8-7-11(16)9-13(12)15/h7-10,14,17H,4-6H2,1-3H3. The molecule has 0 spiro atoms. The Morgan fingerprint density at radius 1 is 1.35 bits per heavy atom. The maximum atomic E-state index is 13.0. The molecule has 0 radical (unpaired) electrons. The topological polar surface area (TPSA) is 12.0 Å². The second kappa shape index (κ2) is 6.97. The van der Waals surface area contributed by atoms with Crippen LogP contribution in [0.3, 0.4) is 0 Å². The second-order valence-electron chi connectivity index (χ2n) is 4.47. The van der Waals surface area contributed by atoms with Gasteiger partial charge in [-0.15, -0.1) is 0 Å². The van der Waals surface area contributed by atoms with Crippen LogP contribution in [-0.4, -0.2) is 6.54 Å². The first-order chi connectivity index (χ1) is 8.10. The van der Waals surface area contributed by atoms with E-state index >= 15 is 0 Å². The van der Waals surface area contributed by atoms with E-state index in [0.717, 1.165) is 24.9 Å². The van der Waals surface area contributed by atoms with Gasteiger partial charge in [-0.2, -0.15) is 0 Å². The Bertz CT molecular complexity index is 354. The SMILES string of the molecule is CCCC(C)C(NCC)c1ccc(F)cc1Cl. The number of hydrogen-bond donors (Lipinski definition) is 1. The molecule has 1 nitrogen and oxygen atoms in total. The summed E-state index contributed by atoms with van der Waals surface area (Å²) in [5.41, 5.74) is 0.996. The van der Waals surface area contributed by atoms with Crippen LogP contribution in [-0.2, 0) is 0 Å². The van der Waals surface area contributed by atoms with Gasteiger partial charge in [-0.05, 0) is 36.6 Å². The van der Waals surface area contributed by atoms with Crippen LogP contribution in [0.15, 0.2) is 18.2 Å². The Hall–Kier alpha value is -0.600. The Kier molecular flexibility index (Phi) is 5.93. The molecule has 0 aliphatic heterocycles.